The van der Waals surface area contributed by atoms with Crippen LogP contribution >= 0.6 is 0 Å². The van der Waals surface area contributed by atoms with E-state index in [0.29, 0.717) is 13.2 Å². The molecule has 0 radical (unpaired) electrons. The Hall–Kier alpha value is -1.12. The summed E-state index contributed by atoms with van der Waals surface area (Å²) in [6.45, 7) is 11.1. The van der Waals surface area contributed by atoms with E-state index in [1.54, 1.807) is 6.08 Å². The number of hydrogen-bond donors (Lipinski definition) is 0. The minimum Gasteiger partial charge on any atom is -0.374 e. The third-order valence-electron chi connectivity index (χ3n) is 2.75. The molecule has 1 aromatic rings. The molecule has 18 heavy (non-hydrogen) atoms. The van der Waals surface area contributed by atoms with Crippen molar-refractivity contribution in [2.75, 3.05) is 6.61 Å². The van der Waals surface area contributed by atoms with Crippen molar-refractivity contribution < 1.29 is 9.47 Å². The summed E-state index contributed by atoms with van der Waals surface area (Å²) in [4.78, 5) is 0. The Labute approximate surface area is 111 Å². The van der Waals surface area contributed by atoms with E-state index < -0.39 is 0 Å². The zero-order valence-electron chi connectivity index (χ0n) is 11.7. The molecule has 0 aliphatic rings. The Morgan fingerprint density at radius 3 is 2.56 bits per heavy atom. The summed E-state index contributed by atoms with van der Waals surface area (Å²) in [6.07, 6.45) is 2.82. The monoisotopic (exact) mass is 248 g/mol. The van der Waals surface area contributed by atoms with Crippen LogP contribution in [0.2, 0.25) is 0 Å². The van der Waals surface area contributed by atoms with Gasteiger partial charge in [-0.3, -0.25) is 0 Å². The average molecular weight is 248 g/mol. The van der Waals surface area contributed by atoms with Gasteiger partial charge in [0, 0.05) is 6.42 Å². The number of hydrogen-bond acceptors (Lipinski definition) is 2. The predicted molar refractivity (Wildman–Crippen MR) is 75.5 cm³/mol. The van der Waals surface area contributed by atoms with Crippen LogP contribution in [0.3, 0.4) is 0 Å². The number of ether oxygens (including phenoxy) is 2. The number of rotatable bonds is 8. The summed E-state index contributed by atoms with van der Waals surface area (Å²) in [6, 6.07) is 10.2. The first-order valence-electron chi connectivity index (χ1n) is 6.44. The molecule has 0 N–H and O–H groups in total. The lowest BCUT2D eigenvalue weighted by atomic mass is 10.0. The molecule has 0 amide bonds. The van der Waals surface area contributed by atoms with Gasteiger partial charge in [-0.2, -0.15) is 0 Å². The van der Waals surface area contributed by atoms with Crippen LogP contribution in [-0.2, 0) is 16.1 Å². The normalized spacial score (nSPS) is 13.3. The summed E-state index contributed by atoms with van der Waals surface area (Å²) in [5, 5.41) is 0. The largest absolute Gasteiger partial charge is 0.374 e. The van der Waals surface area contributed by atoms with Gasteiger partial charge in [0.15, 0.2) is 0 Å². The van der Waals surface area contributed by atoms with Gasteiger partial charge in [0.1, 0.15) is 0 Å². The molecule has 2 heteroatoms. The molecule has 0 saturated heterocycles. The Morgan fingerprint density at radius 2 is 1.94 bits per heavy atom. The molecule has 0 spiro atoms. The highest BCUT2D eigenvalue weighted by molar-refractivity contribution is 5.13. The van der Waals surface area contributed by atoms with E-state index in [0.717, 1.165) is 6.42 Å². The van der Waals surface area contributed by atoms with Crippen LogP contribution in [0.1, 0.15) is 32.8 Å². The first-order valence-corrected chi connectivity index (χ1v) is 6.44. The lowest BCUT2D eigenvalue weighted by Crippen LogP contribution is -2.30. The van der Waals surface area contributed by atoms with Crippen molar-refractivity contribution in [2.45, 2.75) is 45.5 Å². The van der Waals surface area contributed by atoms with Gasteiger partial charge in [0.05, 0.1) is 24.9 Å². The van der Waals surface area contributed by atoms with Crippen LogP contribution in [0.25, 0.3) is 0 Å². The molecule has 0 aliphatic heterocycles. The molecule has 0 aromatic heterocycles. The van der Waals surface area contributed by atoms with Crippen molar-refractivity contribution in [1.82, 2.24) is 0 Å². The van der Waals surface area contributed by atoms with Gasteiger partial charge in [-0.1, -0.05) is 36.4 Å². The van der Waals surface area contributed by atoms with E-state index >= 15 is 0 Å². The van der Waals surface area contributed by atoms with E-state index in [2.05, 4.69) is 39.5 Å². The van der Waals surface area contributed by atoms with Crippen LogP contribution in [0.5, 0.6) is 0 Å². The molecule has 0 heterocycles. The second-order valence-corrected chi connectivity index (χ2v) is 5.17. The highest BCUT2D eigenvalue weighted by atomic mass is 16.5. The molecule has 0 fully saturated rings. The maximum absolute atomic E-state index is 5.84. The number of benzene rings is 1. The summed E-state index contributed by atoms with van der Waals surface area (Å²) >= 11 is 0. The van der Waals surface area contributed by atoms with E-state index in [4.69, 9.17) is 9.47 Å². The molecule has 0 saturated carbocycles. The van der Waals surface area contributed by atoms with Crippen molar-refractivity contribution in [2.24, 2.45) is 0 Å². The molecule has 1 atom stereocenters. The quantitative estimate of drug-likeness (QED) is 0.648. The fourth-order valence-electron chi connectivity index (χ4n) is 1.91. The van der Waals surface area contributed by atoms with Crippen molar-refractivity contribution >= 4 is 0 Å². The first-order chi connectivity index (χ1) is 8.53. The maximum atomic E-state index is 5.84. The molecule has 0 bridgehead atoms. The fraction of sp³-hybridized carbons (Fsp3) is 0.500. The topological polar surface area (TPSA) is 18.5 Å². The highest BCUT2D eigenvalue weighted by Crippen LogP contribution is 2.19. The molecule has 100 valence electrons. The Kier molecular flexibility index (Phi) is 6.10. The molecule has 1 aromatic carbocycles. The summed E-state index contributed by atoms with van der Waals surface area (Å²) in [7, 11) is 0. The van der Waals surface area contributed by atoms with Crippen LogP contribution in [-0.4, -0.2) is 18.3 Å². The maximum Gasteiger partial charge on any atom is 0.0720 e. The SMILES string of the molecule is C=CCOC(C)(C)CC(C)OCc1ccccc1. The lowest BCUT2D eigenvalue weighted by molar-refractivity contribution is -0.0551. The van der Waals surface area contributed by atoms with Gasteiger partial charge >= 0.3 is 0 Å². The van der Waals surface area contributed by atoms with Crippen LogP contribution in [0.4, 0.5) is 0 Å². The van der Waals surface area contributed by atoms with Gasteiger partial charge in [-0.05, 0) is 26.3 Å². The Bertz CT molecular complexity index is 343. The third-order valence-corrected chi connectivity index (χ3v) is 2.75. The summed E-state index contributed by atoms with van der Waals surface area (Å²) in [5.41, 5.74) is 1.03. The van der Waals surface area contributed by atoms with E-state index in [1.807, 2.05) is 18.2 Å². The summed E-state index contributed by atoms with van der Waals surface area (Å²) < 4.78 is 11.5. The van der Waals surface area contributed by atoms with Gasteiger partial charge < -0.3 is 9.47 Å². The standard InChI is InChI=1S/C16H24O2/c1-5-11-18-16(3,4)12-14(2)17-13-15-9-7-6-8-10-15/h5-10,14H,1,11-13H2,2-4H3. The van der Waals surface area contributed by atoms with E-state index in [-0.39, 0.29) is 11.7 Å². The first kappa shape index (κ1) is 14.9. The summed E-state index contributed by atoms with van der Waals surface area (Å²) in [5.74, 6) is 0. The Morgan fingerprint density at radius 1 is 1.28 bits per heavy atom. The van der Waals surface area contributed by atoms with Crippen molar-refractivity contribution in [3.05, 3.63) is 48.6 Å². The van der Waals surface area contributed by atoms with Crippen molar-refractivity contribution in [3.8, 4) is 0 Å². The second kappa shape index (κ2) is 7.34. The minimum absolute atomic E-state index is 0.171. The second-order valence-electron chi connectivity index (χ2n) is 5.17. The van der Waals surface area contributed by atoms with Crippen LogP contribution in [0, 0.1) is 0 Å². The van der Waals surface area contributed by atoms with Gasteiger partial charge in [-0.25, -0.2) is 0 Å². The van der Waals surface area contributed by atoms with Gasteiger partial charge in [-0.15, -0.1) is 6.58 Å². The van der Waals surface area contributed by atoms with Crippen LogP contribution < -0.4 is 0 Å². The van der Waals surface area contributed by atoms with Gasteiger partial charge in [0.25, 0.3) is 0 Å². The molecule has 1 rings (SSSR count). The van der Waals surface area contributed by atoms with Crippen molar-refractivity contribution in [3.63, 3.8) is 0 Å². The Balaban J connectivity index is 2.32. The van der Waals surface area contributed by atoms with Crippen LogP contribution in [0.15, 0.2) is 43.0 Å². The predicted octanol–water partition coefficient (Wildman–Crippen LogP) is 3.96. The average Bonchev–Trinajstić information content (AvgIpc) is 2.35. The lowest BCUT2D eigenvalue weighted by Gasteiger charge is -2.28. The molecule has 1 unspecified atom stereocenters. The zero-order chi connectivity index (χ0) is 13.4. The van der Waals surface area contributed by atoms with E-state index in [1.165, 1.54) is 5.56 Å². The third kappa shape index (κ3) is 5.99. The molecular formula is C16H24O2. The molecule has 0 aliphatic carbocycles. The minimum atomic E-state index is -0.176. The van der Waals surface area contributed by atoms with E-state index in [9.17, 15) is 0 Å². The fourth-order valence-corrected chi connectivity index (χ4v) is 1.91. The zero-order valence-corrected chi connectivity index (χ0v) is 11.7. The molecule has 2 nitrogen and oxygen atoms in total. The highest BCUT2D eigenvalue weighted by Gasteiger charge is 2.21. The van der Waals surface area contributed by atoms with Crippen molar-refractivity contribution in [1.29, 1.82) is 0 Å². The smallest absolute Gasteiger partial charge is 0.0720 e. The van der Waals surface area contributed by atoms with Gasteiger partial charge in [0.2, 0.25) is 0 Å². The molecular weight excluding hydrogens is 224 g/mol.